The quantitative estimate of drug-likeness (QED) is 0.428. The van der Waals surface area contributed by atoms with Gasteiger partial charge < -0.3 is 0 Å². The summed E-state index contributed by atoms with van der Waals surface area (Å²) < 4.78 is 34.3. The van der Waals surface area contributed by atoms with Gasteiger partial charge in [-0.2, -0.15) is 0 Å². The van der Waals surface area contributed by atoms with Crippen molar-refractivity contribution in [1.82, 2.24) is 0 Å². The van der Waals surface area contributed by atoms with E-state index in [1.165, 1.54) is 0 Å². The van der Waals surface area contributed by atoms with E-state index in [1.54, 1.807) is 0 Å². The molecule has 0 bridgehead atoms. The molecule has 0 radical (unpaired) electrons. The van der Waals surface area contributed by atoms with E-state index in [0.717, 1.165) is 0 Å². The molecule has 6 heteroatoms. The molecule has 0 aromatic rings. The van der Waals surface area contributed by atoms with Crippen LogP contribution < -0.4 is 8.38 Å². The molecule has 0 saturated carbocycles. The summed E-state index contributed by atoms with van der Waals surface area (Å²) in [5.74, 6) is 0. The maximum absolute atomic E-state index is 8.58. The van der Waals surface area contributed by atoms with Crippen LogP contribution in [0.25, 0.3) is 0 Å². The summed E-state index contributed by atoms with van der Waals surface area (Å²) in [5, 5.41) is 0. The first-order chi connectivity index (χ1) is 2.00. The fourth-order valence-electron chi connectivity index (χ4n) is 0. The molecule has 0 N–H and O–H groups in total. The van der Waals surface area contributed by atoms with Crippen molar-refractivity contribution in [2.45, 2.75) is 0 Å². The Kier molecular flexibility index (Phi) is 5.07. The van der Waals surface area contributed by atoms with E-state index in [9.17, 15) is 0 Å². The third-order valence-corrected chi connectivity index (χ3v) is 0. The fraction of sp³-hybridized carbons (Fsp3) is 0. The van der Waals surface area contributed by atoms with Gasteiger partial charge >= 0.3 is 56.7 Å². The summed E-state index contributed by atoms with van der Waals surface area (Å²) in [4.78, 5) is 0. The standard InChI is InChI=1S/Cd.Mn.4O/q+2;;;;2*-1. The second-order valence-electron chi connectivity index (χ2n) is 0.378. The molecule has 0 saturated heterocycles. The molecule has 0 aromatic heterocycles. The monoisotopic (exact) mass is 233 g/mol. The Morgan fingerprint density at radius 1 is 1.17 bits per heavy atom. The molecule has 4 nitrogen and oxygen atoms in total. The predicted octanol–water partition coefficient (Wildman–Crippen LogP) is -2.62. The molecule has 0 amide bonds. The predicted molar refractivity (Wildman–Crippen MR) is 1.37 cm³/mol. The van der Waals surface area contributed by atoms with Gasteiger partial charge in [0.25, 0.3) is 0 Å². The van der Waals surface area contributed by atoms with Crippen molar-refractivity contribution in [3.63, 3.8) is 0 Å². The minimum absolute atomic E-state index is 0. The number of rotatable bonds is 0. The van der Waals surface area contributed by atoms with Crippen LogP contribution in [-0.2, 0) is 48.3 Å². The zero-order valence-corrected chi connectivity index (χ0v) is 7.93. The van der Waals surface area contributed by atoms with Crippen LogP contribution in [0.5, 0.6) is 0 Å². The van der Waals surface area contributed by atoms with Crippen molar-refractivity contribution >= 4 is 0 Å². The van der Waals surface area contributed by atoms with Gasteiger partial charge in [0.1, 0.15) is 0 Å². The van der Waals surface area contributed by atoms with Crippen molar-refractivity contribution in [1.29, 1.82) is 0 Å². The molecule has 0 fully saturated rings. The Hall–Kier alpha value is 0.962. The van der Waals surface area contributed by atoms with E-state index in [-0.39, 0.29) is 27.3 Å². The van der Waals surface area contributed by atoms with E-state index in [1.807, 2.05) is 0 Å². The third-order valence-electron chi connectivity index (χ3n) is 0. The van der Waals surface area contributed by atoms with Gasteiger partial charge in [0, 0.05) is 0 Å². The van der Waals surface area contributed by atoms with E-state index < -0.39 is 13.4 Å². The molecule has 33 valence electrons. The summed E-state index contributed by atoms with van der Waals surface area (Å²) in [5.41, 5.74) is 0. The van der Waals surface area contributed by atoms with Crippen LogP contribution in [0, 0.1) is 0 Å². The average Bonchev–Trinajstić information content (AvgIpc) is 0.722. The SMILES string of the molecule is [Cd+2].[O]=[Mn](=[O])([O-])[O-]. The van der Waals surface area contributed by atoms with Crippen LogP contribution in [-0.4, -0.2) is 0 Å². The van der Waals surface area contributed by atoms with E-state index in [2.05, 4.69) is 0 Å². The van der Waals surface area contributed by atoms with Gasteiger partial charge in [0.15, 0.2) is 0 Å². The Morgan fingerprint density at radius 3 is 1.17 bits per heavy atom. The second-order valence-corrected chi connectivity index (χ2v) is 1.56. The topological polar surface area (TPSA) is 80.3 Å². The molecule has 0 atom stereocenters. The Balaban J connectivity index is 0. The Labute approximate surface area is 56.6 Å². The van der Waals surface area contributed by atoms with Gasteiger partial charge in [-0.25, -0.2) is 0 Å². The molecule has 0 aromatic carbocycles. The first kappa shape index (κ1) is 10.1. The zero-order chi connectivity index (χ0) is 4.50. The van der Waals surface area contributed by atoms with Gasteiger partial charge in [-0.1, -0.05) is 0 Å². The molecule has 0 aliphatic heterocycles. The summed E-state index contributed by atoms with van der Waals surface area (Å²) in [7, 11) is 0. The number of hydrogen-bond acceptors (Lipinski definition) is 4. The third kappa shape index (κ3) is 84.2. The van der Waals surface area contributed by atoms with Gasteiger partial charge in [-0.05, 0) is 0 Å². The van der Waals surface area contributed by atoms with Crippen molar-refractivity contribution in [3.8, 4) is 0 Å². The molecule has 0 heterocycles. The summed E-state index contributed by atoms with van der Waals surface area (Å²) in [6, 6.07) is 0. The summed E-state index contributed by atoms with van der Waals surface area (Å²) in [6.45, 7) is 0. The summed E-state index contributed by atoms with van der Waals surface area (Å²) >= 11 is -5.62. The van der Waals surface area contributed by atoms with Crippen LogP contribution in [0.15, 0.2) is 0 Å². The van der Waals surface area contributed by atoms with Gasteiger partial charge in [0.05, 0.1) is 0 Å². The van der Waals surface area contributed by atoms with Crippen LogP contribution >= 0.6 is 0 Å². The first-order valence-corrected chi connectivity index (χ1v) is 2.54. The van der Waals surface area contributed by atoms with Crippen molar-refractivity contribution in [3.05, 3.63) is 0 Å². The molecular formula is CdMnO4. The Morgan fingerprint density at radius 2 is 1.17 bits per heavy atom. The first-order valence-electron chi connectivity index (χ1n) is 0.617. The number of hydrogen-bond donors (Lipinski definition) is 0. The van der Waals surface area contributed by atoms with Gasteiger partial charge in [-0.15, -0.1) is 0 Å². The van der Waals surface area contributed by atoms with Crippen LogP contribution in [0.2, 0.25) is 0 Å². The molecule has 0 unspecified atom stereocenters. The molecule has 0 rings (SSSR count). The van der Waals surface area contributed by atoms with Gasteiger partial charge in [0.2, 0.25) is 0 Å². The van der Waals surface area contributed by atoms with Crippen molar-refractivity contribution in [2.24, 2.45) is 0 Å². The van der Waals surface area contributed by atoms with Crippen LogP contribution in [0.3, 0.4) is 0 Å². The van der Waals surface area contributed by atoms with Crippen LogP contribution in [0.4, 0.5) is 0 Å². The van der Waals surface area contributed by atoms with Crippen molar-refractivity contribution < 1.29 is 56.7 Å². The van der Waals surface area contributed by atoms with Gasteiger partial charge in [-0.3, -0.25) is 0 Å². The van der Waals surface area contributed by atoms with Crippen LogP contribution in [0.1, 0.15) is 0 Å². The molecule has 0 aliphatic rings. The molecule has 6 heavy (non-hydrogen) atoms. The van der Waals surface area contributed by atoms with Crippen molar-refractivity contribution in [2.75, 3.05) is 0 Å². The summed E-state index contributed by atoms with van der Waals surface area (Å²) in [6.07, 6.45) is 0. The zero-order valence-electron chi connectivity index (χ0n) is 2.72. The maximum atomic E-state index is 8.58. The normalized spacial score (nSPS) is 9.67. The fourth-order valence-corrected chi connectivity index (χ4v) is 0. The molecular weight excluding hydrogens is 231 g/mol. The van der Waals surface area contributed by atoms with E-state index in [4.69, 9.17) is 16.0 Å². The Bertz CT molecular complexity index is 90.7. The average molecular weight is 231 g/mol. The molecule has 0 spiro atoms. The van der Waals surface area contributed by atoms with E-state index in [0.29, 0.717) is 0 Å². The van der Waals surface area contributed by atoms with E-state index >= 15 is 0 Å². The minimum atomic E-state index is -5.62. The molecule has 0 aliphatic carbocycles. The second kappa shape index (κ2) is 3.03.